The Bertz CT molecular complexity index is 469. The third-order valence-corrected chi connectivity index (χ3v) is 4.58. The molecule has 0 aromatic carbocycles. The molecule has 0 spiro atoms. The van der Waals surface area contributed by atoms with Crippen LogP contribution in [0.2, 0.25) is 0 Å². The van der Waals surface area contributed by atoms with Crippen molar-refractivity contribution in [2.45, 2.75) is 44.6 Å². The molecule has 0 amide bonds. The maximum absolute atomic E-state index is 11.3. The average molecular weight is 260 g/mol. The van der Waals surface area contributed by atoms with E-state index in [1.165, 1.54) is 44.7 Å². The van der Waals surface area contributed by atoms with Crippen molar-refractivity contribution in [3.05, 3.63) is 24.0 Å². The molecular formula is C15H20N2O2. The zero-order valence-corrected chi connectivity index (χ0v) is 11.1. The summed E-state index contributed by atoms with van der Waals surface area (Å²) in [7, 11) is 0. The Balaban J connectivity index is 1.90. The molecule has 1 unspecified atom stereocenters. The lowest BCUT2D eigenvalue weighted by molar-refractivity contribution is 0.0697. The van der Waals surface area contributed by atoms with Crippen LogP contribution in [0.15, 0.2) is 18.5 Å². The minimum Gasteiger partial charge on any atom is -0.478 e. The SMILES string of the molecule is O=C(O)c1cnccc1N1CCCC1C1CCCC1. The van der Waals surface area contributed by atoms with Gasteiger partial charge in [0.15, 0.2) is 0 Å². The quantitative estimate of drug-likeness (QED) is 0.907. The highest BCUT2D eigenvalue weighted by molar-refractivity contribution is 5.94. The first-order valence-electron chi connectivity index (χ1n) is 7.21. The van der Waals surface area contributed by atoms with Crippen LogP contribution in [-0.4, -0.2) is 28.6 Å². The fourth-order valence-electron chi connectivity index (χ4n) is 3.73. The number of hydrogen-bond donors (Lipinski definition) is 1. The lowest BCUT2D eigenvalue weighted by Crippen LogP contribution is -2.35. The Kier molecular flexibility index (Phi) is 3.40. The molecule has 0 bridgehead atoms. The summed E-state index contributed by atoms with van der Waals surface area (Å²) < 4.78 is 0. The van der Waals surface area contributed by atoms with E-state index in [9.17, 15) is 9.90 Å². The summed E-state index contributed by atoms with van der Waals surface area (Å²) in [6.07, 6.45) is 10.8. The van der Waals surface area contributed by atoms with Gasteiger partial charge in [0.25, 0.3) is 0 Å². The third-order valence-electron chi connectivity index (χ3n) is 4.58. The van der Waals surface area contributed by atoms with Gasteiger partial charge < -0.3 is 10.0 Å². The molecule has 1 aromatic rings. The fraction of sp³-hybridized carbons (Fsp3) is 0.600. The van der Waals surface area contributed by atoms with E-state index in [1.54, 1.807) is 6.20 Å². The van der Waals surface area contributed by atoms with Crippen molar-refractivity contribution in [1.29, 1.82) is 0 Å². The molecule has 1 aliphatic carbocycles. The highest BCUT2D eigenvalue weighted by atomic mass is 16.4. The molecule has 0 radical (unpaired) electrons. The van der Waals surface area contributed by atoms with E-state index in [0.717, 1.165) is 18.2 Å². The molecule has 3 rings (SSSR count). The van der Waals surface area contributed by atoms with Gasteiger partial charge in [0, 0.05) is 25.0 Å². The largest absolute Gasteiger partial charge is 0.478 e. The Morgan fingerprint density at radius 3 is 2.79 bits per heavy atom. The molecule has 4 nitrogen and oxygen atoms in total. The molecule has 1 saturated heterocycles. The molecule has 19 heavy (non-hydrogen) atoms. The van der Waals surface area contributed by atoms with Gasteiger partial charge in [-0.2, -0.15) is 0 Å². The summed E-state index contributed by atoms with van der Waals surface area (Å²) in [5.74, 6) is -0.127. The lowest BCUT2D eigenvalue weighted by atomic mass is 9.95. The average Bonchev–Trinajstić information content (AvgIpc) is 3.09. The van der Waals surface area contributed by atoms with Crippen LogP contribution in [0.5, 0.6) is 0 Å². The lowest BCUT2D eigenvalue weighted by Gasteiger charge is -2.32. The summed E-state index contributed by atoms with van der Waals surface area (Å²) in [6, 6.07) is 2.39. The molecule has 102 valence electrons. The first-order chi connectivity index (χ1) is 9.27. The summed E-state index contributed by atoms with van der Waals surface area (Å²) in [5, 5.41) is 9.31. The molecule has 1 saturated carbocycles. The molecule has 1 N–H and O–H groups in total. The van der Waals surface area contributed by atoms with Gasteiger partial charge in [-0.25, -0.2) is 4.79 Å². The number of carbonyl (C=O) groups is 1. The second-order valence-corrected chi connectivity index (χ2v) is 5.65. The van der Waals surface area contributed by atoms with Crippen molar-refractivity contribution in [2.75, 3.05) is 11.4 Å². The van der Waals surface area contributed by atoms with Gasteiger partial charge in [0.05, 0.1) is 5.69 Å². The van der Waals surface area contributed by atoms with Crippen LogP contribution < -0.4 is 4.90 Å². The topological polar surface area (TPSA) is 53.4 Å². The number of carboxylic acids is 1. The van der Waals surface area contributed by atoms with Crippen molar-refractivity contribution in [1.82, 2.24) is 4.98 Å². The van der Waals surface area contributed by atoms with Crippen LogP contribution in [-0.2, 0) is 0 Å². The van der Waals surface area contributed by atoms with Gasteiger partial charge >= 0.3 is 5.97 Å². The number of anilines is 1. The Morgan fingerprint density at radius 1 is 1.26 bits per heavy atom. The number of aromatic carboxylic acids is 1. The van der Waals surface area contributed by atoms with Crippen LogP contribution >= 0.6 is 0 Å². The van der Waals surface area contributed by atoms with Crippen LogP contribution in [0.3, 0.4) is 0 Å². The fourth-order valence-corrected chi connectivity index (χ4v) is 3.73. The number of aromatic nitrogens is 1. The van der Waals surface area contributed by atoms with E-state index in [-0.39, 0.29) is 0 Å². The molecule has 2 fully saturated rings. The number of nitrogens with zero attached hydrogens (tertiary/aromatic N) is 2. The zero-order valence-electron chi connectivity index (χ0n) is 11.1. The molecular weight excluding hydrogens is 240 g/mol. The standard InChI is InChI=1S/C15H20N2O2/c18-15(19)12-10-16-8-7-14(12)17-9-3-6-13(17)11-4-1-2-5-11/h7-8,10-11,13H,1-6,9H2,(H,18,19). The maximum atomic E-state index is 11.3. The van der Waals surface area contributed by atoms with Gasteiger partial charge in [-0.15, -0.1) is 0 Å². The van der Waals surface area contributed by atoms with Gasteiger partial charge in [0.1, 0.15) is 5.56 Å². The minimum atomic E-state index is -0.875. The monoisotopic (exact) mass is 260 g/mol. The van der Waals surface area contributed by atoms with Crippen molar-refractivity contribution in [2.24, 2.45) is 5.92 Å². The molecule has 1 aromatic heterocycles. The molecule has 2 heterocycles. The van der Waals surface area contributed by atoms with Crippen molar-refractivity contribution in [3.8, 4) is 0 Å². The van der Waals surface area contributed by atoms with Gasteiger partial charge in [0.2, 0.25) is 0 Å². The molecule has 1 atom stereocenters. The van der Waals surface area contributed by atoms with E-state index < -0.39 is 5.97 Å². The number of pyridine rings is 1. The number of hydrogen-bond acceptors (Lipinski definition) is 3. The smallest absolute Gasteiger partial charge is 0.339 e. The van der Waals surface area contributed by atoms with Crippen LogP contribution in [0.4, 0.5) is 5.69 Å². The first kappa shape index (κ1) is 12.5. The molecule has 4 heteroatoms. The summed E-state index contributed by atoms with van der Waals surface area (Å²) >= 11 is 0. The normalized spacial score (nSPS) is 24.0. The van der Waals surface area contributed by atoms with Crippen molar-refractivity contribution in [3.63, 3.8) is 0 Å². The Labute approximate surface area is 113 Å². The first-order valence-corrected chi connectivity index (χ1v) is 7.21. The van der Waals surface area contributed by atoms with E-state index in [4.69, 9.17) is 0 Å². The van der Waals surface area contributed by atoms with Crippen LogP contribution in [0, 0.1) is 5.92 Å². The molecule has 1 aliphatic heterocycles. The van der Waals surface area contributed by atoms with Crippen LogP contribution in [0.1, 0.15) is 48.9 Å². The second-order valence-electron chi connectivity index (χ2n) is 5.65. The van der Waals surface area contributed by atoms with Gasteiger partial charge in [-0.1, -0.05) is 12.8 Å². The van der Waals surface area contributed by atoms with Crippen molar-refractivity contribution < 1.29 is 9.90 Å². The minimum absolute atomic E-state index is 0.340. The predicted octanol–water partition coefficient (Wildman–Crippen LogP) is 2.94. The maximum Gasteiger partial charge on any atom is 0.339 e. The second kappa shape index (κ2) is 5.19. The molecule has 2 aliphatic rings. The van der Waals surface area contributed by atoms with E-state index in [0.29, 0.717) is 11.6 Å². The zero-order chi connectivity index (χ0) is 13.2. The summed E-state index contributed by atoms with van der Waals surface area (Å²) in [5.41, 5.74) is 1.20. The highest BCUT2D eigenvalue weighted by Gasteiger charge is 2.34. The summed E-state index contributed by atoms with van der Waals surface area (Å²) in [4.78, 5) is 17.6. The predicted molar refractivity (Wildman–Crippen MR) is 73.5 cm³/mol. The van der Waals surface area contributed by atoms with E-state index in [1.807, 2.05) is 6.07 Å². The van der Waals surface area contributed by atoms with Gasteiger partial charge in [-0.05, 0) is 37.7 Å². The number of rotatable bonds is 3. The summed E-state index contributed by atoms with van der Waals surface area (Å²) in [6.45, 7) is 0.978. The Morgan fingerprint density at radius 2 is 2.05 bits per heavy atom. The van der Waals surface area contributed by atoms with Crippen LogP contribution in [0.25, 0.3) is 0 Å². The van der Waals surface area contributed by atoms with Crippen molar-refractivity contribution >= 4 is 11.7 Å². The Hall–Kier alpha value is -1.58. The third kappa shape index (κ3) is 2.31. The number of carboxylic acid groups (broad SMARTS) is 1. The van der Waals surface area contributed by atoms with E-state index in [2.05, 4.69) is 9.88 Å². The highest BCUT2D eigenvalue weighted by Crippen LogP contribution is 2.38. The van der Waals surface area contributed by atoms with E-state index >= 15 is 0 Å². The van der Waals surface area contributed by atoms with Gasteiger partial charge in [-0.3, -0.25) is 4.98 Å².